The summed E-state index contributed by atoms with van der Waals surface area (Å²) in [7, 11) is -3.45. The van der Waals surface area contributed by atoms with Crippen LogP contribution in [0, 0.1) is 0 Å². The Morgan fingerprint density at radius 1 is 1.44 bits per heavy atom. The van der Waals surface area contributed by atoms with Crippen molar-refractivity contribution in [3.05, 3.63) is 0 Å². The van der Waals surface area contributed by atoms with Crippen molar-refractivity contribution >= 4 is 10.2 Å². The Bertz CT molecular complexity index is 332. The molecule has 1 aliphatic heterocycles. The molecule has 2 unspecified atom stereocenters. The van der Waals surface area contributed by atoms with E-state index in [2.05, 4.69) is 11.6 Å². The van der Waals surface area contributed by atoms with Gasteiger partial charge in [0.25, 0.3) is 10.2 Å². The molecule has 2 N–H and O–H groups in total. The zero-order chi connectivity index (χ0) is 13.6. The molecule has 0 aromatic carbocycles. The van der Waals surface area contributed by atoms with Crippen LogP contribution in [0.2, 0.25) is 0 Å². The first-order chi connectivity index (χ1) is 8.51. The van der Waals surface area contributed by atoms with Crippen molar-refractivity contribution in [1.82, 2.24) is 9.03 Å². The smallest absolute Gasteiger partial charge is 0.280 e. The summed E-state index contributed by atoms with van der Waals surface area (Å²) in [6.07, 6.45) is 5.56. The van der Waals surface area contributed by atoms with Crippen LogP contribution in [0.15, 0.2) is 0 Å². The Labute approximate surface area is 111 Å². The van der Waals surface area contributed by atoms with Gasteiger partial charge in [-0.3, -0.25) is 0 Å². The highest BCUT2D eigenvalue weighted by molar-refractivity contribution is 7.87. The maximum atomic E-state index is 12.2. The van der Waals surface area contributed by atoms with Crippen LogP contribution in [0.5, 0.6) is 0 Å². The Hall–Kier alpha value is -0.170. The normalized spacial score (nSPS) is 24.1. The van der Waals surface area contributed by atoms with Gasteiger partial charge in [0, 0.05) is 18.6 Å². The molecule has 0 aromatic heterocycles. The summed E-state index contributed by atoms with van der Waals surface area (Å²) in [5, 5.41) is 9.27. The average Bonchev–Trinajstić information content (AvgIpc) is 2.35. The molecule has 6 heteroatoms. The van der Waals surface area contributed by atoms with Gasteiger partial charge in [-0.1, -0.05) is 26.2 Å². The van der Waals surface area contributed by atoms with E-state index in [9.17, 15) is 13.5 Å². The zero-order valence-corrected chi connectivity index (χ0v) is 12.2. The van der Waals surface area contributed by atoms with E-state index in [-0.39, 0.29) is 18.7 Å². The van der Waals surface area contributed by atoms with Gasteiger partial charge in [0.05, 0.1) is 6.61 Å². The first-order valence-electron chi connectivity index (χ1n) is 6.91. The van der Waals surface area contributed by atoms with E-state index in [1.165, 1.54) is 4.31 Å². The Morgan fingerprint density at radius 2 is 2.17 bits per heavy atom. The molecule has 18 heavy (non-hydrogen) atoms. The minimum atomic E-state index is -3.45. The van der Waals surface area contributed by atoms with Crippen LogP contribution in [-0.4, -0.2) is 43.1 Å². The minimum Gasteiger partial charge on any atom is -0.395 e. The highest BCUT2D eigenvalue weighted by Crippen LogP contribution is 2.19. The second kappa shape index (κ2) is 7.43. The SMILES string of the molecule is CCCCC(C)NS(=O)(=O)N1CCCCC1CO. The van der Waals surface area contributed by atoms with E-state index >= 15 is 0 Å². The van der Waals surface area contributed by atoms with E-state index in [0.29, 0.717) is 6.54 Å². The fourth-order valence-corrected chi connectivity index (χ4v) is 4.06. The third-order valence-corrected chi connectivity index (χ3v) is 5.23. The van der Waals surface area contributed by atoms with Crippen LogP contribution in [0.1, 0.15) is 52.4 Å². The van der Waals surface area contributed by atoms with Gasteiger partial charge in [0.2, 0.25) is 0 Å². The van der Waals surface area contributed by atoms with Crippen molar-refractivity contribution < 1.29 is 13.5 Å². The Morgan fingerprint density at radius 3 is 2.78 bits per heavy atom. The Balaban J connectivity index is 2.60. The van der Waals surface area contributed by atoms with Gasteiger partial charge >= 0.3 is 0 Å². The summed E-state index contributed by atoms with van der Waals surface area (Å²) < 4.78 is 28.6. The van der Waals surface area contributed by atoms with E-state index in [0.717, 1.165) is 38.5 Å². The molecule has 0 radical (unpaired) electrons. The third-order valence-electron chi connectivity index (χ3n) is 3.43. The van der Waals surface area contributed by atoms with Crippen LogP contribution in [-0.2, 0) is 10.2 Å². The van der Waals surface area contributed by atoms with Crippen molar-refractivity contribution in [2.75, 3.05) is 13.2 Å². The van der Waals surface area contributed by atoms with Gasteiger partial charge < -0.3 is 5.11 Å². The lowest BCUT2D eigenvalue weighted by atomic mass is 10.1. The molecule has 1 rings (SSSR count). The van der Waals surface area contributed by atoms with Crippen LogP contribution in [0.4, 0.5) is 0 Å². The minimum absolute atomic E-state index is 0.0452. The number of nitrogens with zero attached hydrogens (tertiary/aromatic N) is 1. The molecular formula is C12H26N2O3S. The number of unbranched alkanes of at least 4 members (excludes halogenated alkanes) is 1. The van der Waals surface area contributed by atoms with Crippen LogP contribution >= 0.6 is 0 Å². The summed E-state index contributed by atoms with van der Waals surface area (Å²) in [6.45, 7) is 4.41. The number of nitrogens with one attached hydrogen (secondary N) is 1. The van der Waals surface area contributed by atoms with Crippen LogP contribution < -0.4 is 4.72 Å². The zero-order valence-electron chi connectivity index (χ0n) is 11.4. The first-order valence-corrected chi connectivity index (χ1v) is 8.35. The van der Waals surface area contributed by atoms with Crippen molar-refractivity contribution in [3.63, 3.8) is 0 Å². The lowest BCUT2D eigenvalue weighted by Crippen LogP contribution is -2.52. The number of piperidine rings is 1. The second-order valence-corrected chi connectivity index (χ2v) is 6.76. The molecule has 5 nitrogen and oxygen atoms in total. The maximum Gasteiger partial charge on any atom is 0.280 e. The molecule has 0 amide bonds. The van der Waals surface area contributed by atoms with Crippen LogP contribution in [0.25, 0.3) is 0 Å². The number of aliphatic hydroxyl groups excluding tert-OH is 1. The predicted molar refractivity (Wildman–Crippen MR) is 72.5 cm³/mol. The van der Waals surface area contributed by atoms with Gasteiger partial charge in [-0.25, -0.2) is 0 Å². The molecule has 0 aromatic rings. The van der Waals surface area contributed by atoms with Crippen molar-refractivity contribution in [2.24, 2.45) is 0 Å². The largest absolute Gasteiger partial charge is 0.395 e. The monoisotopic (exact) mass is 278 g/mol. The molecule has 1 aliphatic rings. The summed E-state index contributed by atoms with van der Waals surface area (Å²) in [6, 6.07) is -0.300. The van der Waals surface area contributed by atoms with Crippen LogP contribution in [0.3, 0.4) is 0 Å². The highest BCUT2D eigenvalue weighted by atomic mass is 32.2. The number of aliphatic hydroxyl groups is 1. The standard InChI is InChI=1S/C12H26N2O3S/c1-3-4-7-11(2)13-18(16,17)14-9-6-5-8-12(14)10-15/h11-13,15H,3-10H2,1-2H3. The fourth-order valence-electron chi connectivity index (χ4n) is 2.36. The van der Waals surface area contributed by atoms with Gasteiger partial charge in [0.15, 0.2) is 0 Å². The Kier molecular flexibility index (Phi) is 6.55. The molecule has 0 aliphatic carbocycles. The highest BCUT2D eigenvalue weighted by Gasteiger charge is 2.32. The van der Waals surface area contributed by atoms with E-state index in [1.807, 2.05) is 6.92 Å². The molecule has 0 saturated carbocycles. The molecule has 108 valence electrons. The maximum absolute atomic E-state index is 12.2. The van der Waals surface area contributed by atoms with Crippen molar-refractivity contribution in [1.29, 1.82) is 0 Å². The lowest BCUT2D eigenvalue weighted by molar-refractivity contribution is 0.153. The topological polar surface area (TPSA) is 69.6 Å². The predicted octanol–water partition coefficient (Wildman–Crippen LogP) is 1.25. The fraction of sp³-hybridized carbons (Fsp3) is 1.00. The van der Waals surface area contributed by atoms with E-state index in [4.69, 9.17) is 0 Å². The molecule has 0 bridgehead atoms. The van der Waals surface area contributed by atoms with Gasteiger partial charge in [0.1, 0.15) is 0 Å². The number of hydrogen-bond donors (Lipinski definition) is 2. The van der Waals surface area contributed by atoms with Crippen molar-refractivity contribution in [3.8, 4) is 0 Å². The quantitative estimate of drug-likeness (QED) is 0.736. The first kappa shape index (κ1) is 15.9. The molecule has 1 fully saturated rings. The van der Waals surface area contributed by atoms with Crippen molar-refractivity contribution in [2.45, 2.75) is 64.5 Å². The molecule has 2 atom stereocenters. The second-order valence-electron chi connectivity index (χ2n) is 5.11. The average molecular weight is 278 g/mol. The molecule has 1 heterocycles. The summed E-state index contributed by atoms with van der Waals surface area (Å²) >= 11 is 0. The van der Waals surface area contributed by atoms with E-state index in [1.54, 1.807) is 0 Å². The molecule has 1 saturated heterocycles. The van der Waals surface area contributed by atoms with Gasteiger partial charge in [-0.15, -0.1) is 0 Å². The summed E-state index contributed by atoms with van der Waals surface area (Å²) in [4.78, 5) is 0. The number of hydrogen-bond acceptors (Lipinski definition) is 3. The van der Waals surface area contributed by atoms with E-state index < -0.39 is 10.2 Å². The molecule has 0 spiro atoms. The lowest BCUT2D eigenvalue weighted by Gasteiger charge is -2.34. The summed E-state index contributed by atoms with van der Waals surface area (Å²) in [5.74, 6) is 0. The van der Waals surface area contributed by atoms with Gasteiger partial charge in [-0.05, 0) is 26.2 Å². The summed E-state index contributed by atoms with van der Waals surface area (Å²) in [5.41, 5.74) is 0. The third kappa shape index (κ3) is 4.50. The number of rotatable bonds is 7. The van der Waals surface area contributed by atoms with Gasteiger partial charge in [-0.2, -0.15) is 17.4 Å². The molecular weight excluding hydrogens is 252 g/mol.